The molecule has 0 aliphatic rings. The van der Waals surface area contributed by atoms with Crippen LogP contribution in [0.5, 0.6) is 0 Å². The Morgan fingerprint density at radius 2 is 1.80 bits per heavy atom. The van der Waals surface area contributed by atoms with Crippen molar-refractivity contribution in [3.8, 4) is 0 Å². The summed E-state index contributed by atoms with van der Waals surface area (Å²) in [6.07, 6.45) is 1.96. The van der Waals surface area contributed by atoms with Gasteiger partial charge in [0.25, 0.3) is 5.91 Å². The number of aromatic nitrogens is 1. The van der Waals surface area contributed by atoms with Crippen molar-refractivity contribution in [1.29, 1.82) is 0 Å². The maximum atomic E-state index is 12.4. The van der Waals surface area contributed by atoms with Crippen molar-refractivity contribution in [3.05, 3.63) is 42.1 Å². The van der Waals surface area contributed by atoms with Crippen LogP contribution in [0.4, 0.5) is 0 Å². The second-order valence-electron chi connectivity index (χ2n) is 4.55. The number of benzene rings is 1. The molecule has 0 aliphatic carbocycles. The van der Waals surface area contributed by atoms with E-state index < -0.39 is 0 Å². The summed E-state index contributed by atoms with van der Waals surface area (Å²) in [6, 6.07) is 10.2. The summed E-state index contributed by atoms with van der Waals surface area (Å²) in [4.78, 5) is 14.3. The van der Waals surface area contributed by atoms with Gasteiger partial charge in [0.05, 0.1) is 0 Å². The van der Waals surface area contributed by atoms with Gasteiger partial charge in [-0.05, 0) is 32.9 Å². The van der Waals surface area contributed by atoms with E-state index in [1.807, 2.05) is 43.1 Å². The summed E-state index contributed by atoms with van der Waals surface area (Å²) < 4.78 is 2.13. The molecule has 0 spiro atoms. The van der Waals surface area contributed by atoms with Crippen LogP contribution < -0.4 is 28.5 Å². The molecule has 0 aliphatic heterocycles. The highest BCUT2D eigenvalue weighted by Gasteiger charge is 2.18. The number of hydrogen-bond donors (Lipinski definition) is 0. The zero-order chi connectivity index (χ0) is 13.8. The summed E-state index contributed by atoms with van der Waals surface area (Å²) in [6.45, 7) is 8.47. The highest BCUT2D eigenvalue weighted by Crippen LogP contribution is 2.13. The van der Waals surface area contributed by atoms with Crippen molar-refractivity contribution < 1.29 is 33.3 Å². The van der Waals surface area contributed by atoms with Crippen molar-refractivity contribution in [3.63, 3.8) is 0 Å². The second-order valence-corrected chi connectivity index (χ2v) is 4.55. The zero-order valence-corrected chi connectivity index (χ0v) is 14.4. The standard InChI is InChI=1S/C16H21N2O.HI/c1-4-17(5-2)16(19)14-11-13-9-7-8-10-15(13)18(6-3)12-14;/h7-12H,4-6H2,1-3H3;1H/q+1;/p-1. The fraction of sp³-hybridized carbons (Fsp3) is 0.375. The van der Waals surface area contributed by atoms with Gasteiger partial charge in [-0.2, -0.15) is 4.57 Å². The van der Waals surface area contributed by atoms with Crippen LogP contribution in [0.1, 0.15) is 31.1 Å². The Labute approximate surface area is 137 Å². The van der Waals surface area contributed by atoms with E-state index in [-0.39, 0.29) is 29.9 Å². The summed E-state index contributed by atoms with van der Waals surface area (Å²) in [7, 11) is 0. The number of carbonyl (C=O) groups excluding carboxylic acids is 1. The molecule has 20 heavy (non-hydrogen) atoms. The Hall–Kier alpha value is -1.17. The van der Waals surface area contributed by atoms with Gasteiger partial charge in [0, 0.05) is 24.5 Å². The second kappa shape index (κ2) is 7.57. The lowest BCUT2D eigenvalue weighted by Crippen LogP contribution is -3.00. The predicted molar refractivity (Wildman–Crippen MR) is 77.1 cm³/mol. The average Bonchev–Trinajstić information content (AvgIpc) is 2.47. The molecule has 0 bridgehead atoms. The lowest BCUT2D eigenvalue weighted by Gasteiger charge is -2.18. The smallest absolute Gasteiger partial charge is 0.259 e. The van der Waals surface area contributed by atoms with E-state index in [1.54, 1.807) is 0 Å². The van der Waals surface area contributed by atoms with Crippen molar-refractivity contribution in [2.45, 2.75) is 27.3 Å². The number of halogens is 1. The maximum absolute atomic E-state index is 12.4. The third kappa shape index (κ3) is 3.29. The van der Waals surface area contributed by atoms with Crippen LogP contribution in [0.25, 0.3) is 10.9 Å². The molecule has 1 heterocycles. The topological polar surface area (TPSA) is 24.2 Å². The summed E-state index contributed by atoms with van der Waals surface area (Å²) in [5.74, 6) is 0.109. The minimum atomic E-state index is 0. The minimum absolute atomic E-state index is 0. The first-order valence-corrected chi connectivity index (χ1v) is 6.92. The molecule has 4 heteroatoms. The third-order valence-corrected chi connectivity index (χ3v) is 3.49. The molecule has 2 aromatic rings. The van der Waals surface area contributed by atoms with Crippen molar-refractivity contribution in [2.24, 2.45) is 0 Å². The predicted octanol–water partition coefficient (Wildman–Crippen LogP) is -0.367. The first-order valence-electron chi connectivity index (χ1n) is 6.92. The third-order valence-electron chi connectivity index (χ3n) is 3.49. The number of aryl methyl sites for hydroxylation is 1. The molecule has 1 amide bonds. The molecule has 1 aromatic heterocycles. The molecule has 108 valence electrons. The highest BCUT2D eigenvalue weighted by atomic mass is 127. The molecule has 0 saturated carbocycles. The van der Waals surface area contributed by atoms with Gasteiger partial charge in [-0.25, -0.2) is 0 Å². The first-order chi connectivity index (χ1) is 9.21. The number of nitrogens with zero attached hydrogens (tertiary/aromatic N) is 2. The van der Waals surface area contributed by atoms with Crippen LogP contribution >= 0.6 is 0 Å². The summed E-state index contributed by atoms with van der Waals surface area (Å²) >= 11 is 0. The van der Waals surface area contributed by atoms with Crippen LogP contribution in [0.3, 0.4) is 0 Å². The zero-order valence-electron chi connectivity index (χ0n) is 12.3. The van der Waals surface area contributed by atoms with Crippen molar-refractivity contribution in [2.75, 3.05) is 13.1 Å². The fourth-order valence-electron chi connectivity index (χ4n) is 2.39. The highest BCUT2D eigenvalue weighted by molar-refractivity contribution is 5.96. The van der Waals surface area contributed by atoms with E-state index in [4.69, 9.17) is 0 Å². The molecule has 0 unspecified atom stereocenters. The normalized spacial score (nSPS) is 10.2. The van der Waals surface area contributed by atoms with Gasteiger partial charge in [0.15, 0.2) is 6.20 Å². The largest absolute Gasteiger partial charge is 1.00 e. The average molecular weight is 384 g/mol. The van der Waals surface area contributed by atoms with Gasteiger partial charge in [0.2, 0.25) is 5.52 Å². The number of carbonyl (C=O) groups is 1. The Morgan fingerprint density at radius 3 is 2.40 bits per heavy atom. The molecule has 0 radical (unpaired) electrons. The Morgan fingerprint density at radius 1 is 1.15 bits per heavy atom. The SMILES string of the molecule is CCN(CC)C(=O)c1cc2ccccc2[n+](CC)c1.[I-]. The Kier molecular flexibility index (Phi) is 6.39. The molecular weight excluding hydrogens is 363 g/mol. The first kappa shape index (κ1) is 16.9. The molecule has 3 nitrogen and oxygen atoms in total. The van der Waals surface area contributed by atoms with Crippen LogP contribution in [0.15, 0.2) is 36.5 Å². The van der Waals surface area contributed by atoms with E-state index in [9.17, 15) is 4.79 Å². The molecule has 2 rings (SSSR count). The molecule has 0 atom stereocenters. The van der Waals surface area contributed by atoms with E-state index in [0.717, 1.165) is 30.6 Å². The molecular formula is C16H21IN2O. The van der Waals surface area contributed by atoms with Crippen LogP contribution in [-0.2, 0) is 6.54 Å². The van der Waals surface area contributed by atoms with Crippen molar-refractivity contribution >= 4 is 16.8 Å². The van der Waals surface area contributed by atoms with Gasteiger partial charge in [-0.15, -0.1) is 0 Å². The summed E-state index contributed by atoms with van der Waals surface area (Å²) in [5.41, 5.74) is 1.94. The van der Waals surface area contributed by atoms with Gasteiger partial charge >= 0.3 is 0 Å². The molecule has 0 N–H and O–H groups in total. The minimum Gasteiger partial charge on any atom is -1.00 e. The quantitative estimate of drug-likeness (QED) is 0.522. The molecule has 0 fully saturated rings. The number of rotatable bonds is 4. The monoisotopic (exact) mass is 384 g/mol. The fourth-order valence-corrected chi connectivity index (χ4v) is 2.39. The maximum Gasteiger partial charge on any atom is 0.259 e. The number of para-hydroxylation sites is 1. The van der Waals surface area contributed by atoms with Crippen molar-refractivity contribution in [1.82, 2.24) is 4.90 Å². The van der Waals surface area contributed by atoms with Crippen LogP contribution in [-0.4, -0.2) is 23.9 Å². The number of fused-ring (bicyclic) bond motifs is 1. The number of pyridine rings is 1. The number of amides is 1. The van der Waals surface area contributed by atoms with Gasteiger partial charge < -0.3 is 28.9 Å². The Balaban J connectivity index is 0.00000200. The van der Waals surface area contributed by atoms with E-state index in [1.165, 1.54) is 5.52 Å². The van der Waals surface area contributed by atoms with Gasteiger partial charge in [-0.1, -0.05) is 12.1 Å². The Bertz CT molecular complexity index is 594. The lowest BCUT2D eigenvalue weighted by molar-refractivity contribution is -0.667. The van der Waals surface area contributed by atoms with E-state index >= 15 is 0 Å². The summed E-state index contributed by atoms with van der Waals surface area (Å²) in [5, 5.41) is 1.11. The van der Waals surface area contributed by atoms with Gasteiger partial charge in [-0.3, -0.25) is 4.79 Å². The van der Waals surface area contributed by atoms with E-state index in [0.29, 0.717) is 0 Å². The van der Waals surface area contributed by atoms with Crippen LogP contribution in [0, 0.1) is 0 Å². The molecule has 0 saturated heterocycles. The number of hydrogen-bond acceptors (Lipinski definition) is 1. The molecule has 1 aromatic carbocycles. The lowest BCUT2D eigenvalue weighted by atomic mass is 10.1. The van der Waals surface area contributed by atoms with Gasteiger partial charge in [0.1, 0.15) is 12.1 Å². The van der Waals surface area contributed by atoms with E-state index in [2.05, 4.69) is 23.6 Å². The van der Waals surface area contributed by atoms with Crippen LogP contribution in [0.2, 0.25) is 0 Å².